The average Bonchev–Trinajstić information content (AvgIpc) is 2.60. The first-order valence-corrected chi connectivity index (χ1v) is 5.74. The fourth-order valence-corrected chi connectivity index (χ4v) is 2.18. The van der Waals surface area contributed by atoms with Crippen LogP contribution in [0.3, 0.4) is 0 Å². The number of hydrogen-bond acceptors (Lipinski definition) is 1. The maximum Gasteiger partial charge on any atom is 0.0130 e. The van der Waals surface area contributed by atoms with E-state index in [9.17, 15) is 0 Å². The number of hydrogen-bond donors (Lipinski definition) is 1. The quantitative estimate of drug-likeness (QED) is 0.490. The van der Waals surface area contributed by atoms with Crippen LogP contribution in [-0.4, -0.2) is 12.6 Å². The first-order valence-electron chi connectivity index (χ1n) is 5.74. The molecule has 1 nitrogen and oxygen atoms in total. The molecule has 0 radical (unpaired) electrons. The molecule has 0 spiro atoms. The molecule has 76 valence electrons. The minimum atomic E-state index is 0.731. The third-order valence-corrected chi connectivity index (χ3v) is 3.07. The van der Waals surface area contributed by atoms with E-state index in [1.54, 1.807) is 0 Å². The first kappa shape index (κ1) is 10.8. The van der Waals surface area contributed by atoms with Crippen molar-refractivity contribution < 1.29 is 0 Å². The first-order chi connectivity index (χ1) is 6.38. The van der Waals surface area contributed by atoms with E-state index in [4.69, 9.17) is 0 Å². The molecule has 0 aromatic carbocycles. The zero-order valence-corrected chi connectivity index (χ0v) is 8.89. The van der Waals surface area contributed by atoms with Crippen molar-refractivity contribution in [3.8, 4) is 0 Å². The molecule has 1 fully saturated rings. The van der Waals surface area contributed by atoms with Crippen molar-refractivity contribution in [2.24, 2.45) is 5.92 Å². The van der Waals surface area contributed by atoms with Crippen LogP contribution in [0.15, 0.2) is 12.7 Å². The average molecular weight is 181 g/mol. The Labute approximate surface area is 82.6 Å². The highest BCUT2D eigenvalue weighted by molar-refractivity contribution is 4.93. The van der Waals surface area contributed by atoms with Gasteiger partial charge >= 0.3 is 0 Å². The molecule has 1 heterocycles. The summed E-state index contributed by atoms with van der Waals surface area (Å²) in [6.45, 7) is 7.35. The van der Waals surface area contributed by atoms with Crippen LogP contribution in [0, 0.1) is 5.92 Å². The summed E-state index contributed by atoms with van der Waals surface area (Å²) >= 11 is 0. The Morgan fingerprint density at radius 2 is 2.23 bits per heavy atom. The molecule has 2 unspecified atom stereocenters. The predicted octanol–water partition coefficient (Wildman–Crippen LogP) is 3.12. The Morgan fingerprint density at radius 1 is 1.38 bits per heavy atom. The number of unbranched alkanes of at least 4 members (excludes halogenated alkanes) is 3. The Morgan fingerprint density at radius 3 is 2.92 bits per heavy atom. The molecule has 1 heteroatoms. The van der Waals surface area contributed by atoms with Gasteiger partial charge in [-0.25, -0.2) is 0 Å². The minimum Gasteiger partial charge on any atom is -0.313 e. The van der Waals surface area contributed by atoms with E-state index in [0.717, 1.165) is 12.0 Å². The molecular weight excluding hydrogens is 158 g/mol. The van der Waals surface area contributed by atoms with Crippen LogP contribution in [0.25, 0.3) is 0 Å². The summed E-state index contributed by atoms with van der Waals surface area (Å²) in [7, 11) is 0. The molecule has 0 saturated carbocycles. The van der Waals surface area contributed by atoms with Crippen molar-refractivity contribution in [3.63, 3.8) is 0 Å². The highest BCUT2D eigenvalue weighted by Gasteiger charge is 2.22. The topological polar surface area (TPSA) is 12.0 Å². The maximum absolute atomic E-state index is 3.90. The fraction of sp³-hybridized carbons (Fsp3) is 0.833. The molecule has 13 heavy (non-hydrogen) atoms. The van der Waals surface area contributed by atoms with Gasteiger partial charge in [0.1, 0.15) is 0 Å². The van der Waals surface area contributed by atoms with Gasteiger partial charge in [-0.2, -0.15) is 0 Å². The summed E-state index contributed by atoms with van der Waals surface area (Å²) in [6, 6.07) is 0.731. The number of nitrogens with one attached hydrogen (secondary N) is 1. The van der Waals surface area contributed by atoms with E-state index < -0.39 is 0 Å². The molecule has 0 amide bonds. The second-order valence-corrected chi connectivity index (χ2v) is 4.10. The van der Waals surface area contributed by atoms with Crippen LogP contribution in [0.4, 0.5) is 0 Å². The molecule has 1 aliphatic rings. The minimum absolute atomic E-state index is 0.731. The zero-order valence-electron chi connectivity index (χ0n) is 8.89. The molecule has 0 aromatic rings. The smallest absolute Gasteiger partial charge is 0.0130 e. The highest BCUT2D eigenvalue weighted by Crippen LogP contribution is 2.21. The lowest BCUT2D eigenvalue weighted by atomic mass is 9.96. The standard InChI is InChI=1S/C12H23N/c1-3-5-6-7-8-12-11(4-2)9-10-13-12/h4,11-13H,2-3,5-10H2,1H3. The van der Waals surface area contributed by atoms with Gasteiger partial charge < -0.3 is 5.32 Å². The zero-order chi connectivity index (χ0) is 9.52. The van der Waals surface area contributed by atoms with Crippen LogP contribution >= 0.6 is 0 Å². The van der Waals surface area contributed by atoms with Gasteiger partial charge in [-0.05, 0) is 25.3 Å². The normalized spacial score (nSPS) is 27.8. The summed E-state index contributed by atoms with van der Waals surface area (Å²) in [6.07, 6.45) is 10.3. The van der Waals surface area contributed by atoms with E-state index in [1.165, 1.54) is 45.1 Å². The Bertz CT molecular complexity index is 142. The summed E-state index contributed by atoms with van der Waals surface area (Å²) in [5.41, 5.74) is 0. The van der Waals surface area contributed by atoms with Gasteiger partial charge in [0.15, 0.2) is 0 Å². The van der Waals surface area contributed by atoms with Crippen molar-refractivity contribution in [2.45, 2.75) is 51.5 Å². The van der Waals surface area contributed by atoms with Crippen molar-refractivity contribution in [1.29, 1.82) is 0 Å². The SMILES string of the molecule is C=CC1CCNC1CCCCCC. The van der Waals surface area contributed by atoms with Crippen molar-refractivity contribution in [3.05, 3.63) is 12.7 Å². The molecule has 0 aliphatic carbocycles. The maximum atomic E-state index is 3.90. The van der Waals surface area contributed by atoms with E-state index in [-0.39, 0.29) is 0 Å². The second kappa shape index (κ2) is 6.20. The molecule has 2 atom stereocenters. The third kappa shape index (κ3) is 3.51. The lowest BCUT2D eigenvalue weighted by molar-refractivity contribution is 0.460. The lowest BCUT2D eigenvalue weighted by Crippen LogP contribution is -2.25. The van der Waals surface area contributed by atoms with Crippen LogP contribution < -0.4 is 5.32 Å². The van der Waals surface area contributed by atoms with Gasteiger partial charge in [-0.15, -0.1) is 6.58 Å². The van der Waals surface area contributed by atoms with Gasteiger partial charge in [0.25, 0.3) is 0 Å². The van der Waals surface area contributed by atoms with Gasteiger partial charge in [0, 0.05) is 6.04 Å². The van der Waals surface area contributed by atoms with Crippen LogP contribution in [-0.2, 0) is 0 Å². The molecule has 0 aromatic heterocycles. The van der Waals surface area contributed by atoms with Gasteiger partial charge in [-0.3, -0.25) is 0 Å². The van der Waals surface area contributed by atoms with Crippen molar-refractivity contribution in [2.75, 3.05) is 6.54 Å². The van der Waals surface area contributed by atoms with Crippen molar-refractivity contribution >= 4 is 0 Å². The highest BCUT2D eigenvalue weighted by atomic mass is 14.9. The van der Waals surface area contributed by atoms with Crippen LogP contribution in [0.2, 0.25) is 0 Å². The predicted molar refractivity (Wildman–Crippen MR) is 58.9 cm³/mol. The van der Waals surface area contributed by atoms with Gasteiger partial charge in [0.05, 0.1) is 0 Å². The van der Waals surface area contributed by atoms with E-state index in [1.807, 2.05) is 0 Å². The Kier molecular flexibility index (Phi) is 5.14. The van der Waals surface area contributed by atoms with E-state index in [2.05, 4.69) is 24.9 Å². The molecule has 0 bridgehead atoms. The van der Waals surface area contributed by atoms with Gasteiger partial charge in [0.2, 0.25) is 0 Å². The molecule has 1 saturated heterocycles. The van der Waals surface area contributed by atoms with Gasteiger partial charge in [-0.1, -0.05) is 38.7 Å². The largest absolute Gasteiger partial charge is 0.313 e. The van der Waals surface area contributed by atoms with E-state index >= 15 is 0 Å². The molecule has 1 N–H and O–H groups in total. The summed E-state index contributed by atoms with van der Waals surface area (Å²) < 4.78 is 0. The molecular formula is C12H23N. The summed E-state index contributed by atoms with van der Waals surface area (Å²) in [4.78, 5) is 0. The van der Waals surface area contributed by atoms with E-state index in [0.29, 0.717) is 0 Å². The van der Waals surface area contributed by atoms with Crippen LogP contribution in [0.1, 0.15) is 45.4 Å². The lowest BCUT2D eigenvalue weighted by Gasteiger charge is -2.15. The Balaban J connectivity index is 2.09. The number of rotatable bonds is 6. The summed E-state index contributed by atoms with van der Waals surface area (Å²) in [5.74, 6) is 0.738. The summed E-state index contributed by atoms with van der Waals surface area (Å²) in [5, 5.41) is 3.56. The second-order valence-electron chi connectivity index (χ2n) is 4.10. The fourth-order valence-electron chi connectivity index (χ4n) is 2.18. The Hall–Kier alpha value is -0.300. The molecule has 1 rings (SSSR count). The van der Waals surface area contributed by atoms with Crippen molar-refractivity contribution in [1.82, 2.24) is 5.32 Å². The monoisotopic (exact) mass is 181 g/mol. The van der Waals surface area contributed by atoms with Crippen LogP contribution in [0.5, 0.6) is 0 Å². The third-order valence-electron chi connectivity index (χ3n) is 3.07. The molecule has 1 aliphatic heterocycles.